The van der Waals surface area contributed by atoms with Crippen LogP contribution in [0.5, 0.6) is 0 Å². The van der Waals surface area contributed by atoms with Crippen LogP contribution in [0.2, 0.25) is 0 Å². The van der Waals surface area contributed by atoms with Crippen molar-refractivity contribution < 1.29 is 0 Å². The van der Waals surface area contributed by atoms with E-state index < -0.39 is 0 Å². The monoisotopic (exact) mass is 257 g/mol. The molecule has 1 saturated heterocycles. The van der Waals surface area contributed by atoms with Crippen LogP contribution in [0.15, 0.2) is 24.3 Å². The van der Waals surface area contributed by atoms with E-state index in [1.54, 1.807) is 0 Å². The molecular weight excluding hydrogens is 238 g/mol. The van der Waals surface area contributed by atoms with Crippen LogP contribution in [0.4, 0.5) is 5.95 Å². The topological polar surface area (TPSA) is 46.0 Å². The van der Waals surface area contributed by atoms with Crippen LogP contribution in [-0.4, -0.2) is 40.9 Å². The predicted octanol–water partition coefficient (Wildman–Crippen LogP) is 1.20. The van der Waals surface area contributed by atoms with Crippen molar-refractivity contribution in [2.24, 2.45) is 7.05 Å². The Balaban J connectivity index is 1.90. The highest BCUT2D eigenvalue weighted by atomic mass is 15.4. The Morgan fingerprint density at radius 3 is 2.47 bits per heavy atom. The number of hydrogen-bond acceptors (Lipinski definition) is 4. The first-order valence-corrected chi connectivity index (χ1v) is 6.68. The van der Waals surface area contributed by atoms with Gasteiger partial charge in [-0.2, -0.15) is 4.98 Å². The first kappa shape index (κ1) is 12.2. The molecule has 0 amide bonds. The minimum atomic E-state index is 0.802. The van der Waals surface area contributed by atoms with Gasteiger partial charge in [0.1, 0.15) is 0 Å². The lowest BCUT2D eigenvalue weighted by Crippen LogP contribution is -2.44. The first-order valence-electron chi connectivity index (χ1n) is 6.68. The zero-order chi connectivity index (χ0) is 13.2. The average Bonchev–Trinajstić information content (AvgIpc) is 2.83. The first-order chi connectivity index (χ1) is 9.24. The van der Waals surface area contributed by atoms with Crippen LogP contribution in [0, 0.1) is 6.92 Å². The van der Waals surface area contributed by atoms with Crippen molar-refractivity contribution in [1.29, 1.82) is 0 Å². The number of rotatable bonds is 2. The van der Waals surface area contributed by atoms with E-state index in [1.807, 2.05) is 11.7 Å². The SMILES string of the molecule is Cc1ccc(-c2nc(N3CCNCC3)n(C)n2)cc1. The summed E-state index contributed by atoms with van der Waals surface area (Å²) in [5.74, 6) is 1.76. The van der Waals surface area contributed by atoms with Gasteiger partial charge in [0.15, 0.2) is 5.82 Å². The molecule has 0 spiro atoms. The molecule has 1 fully saturated rings. The van der Waals surface area contributed by atoms with Crippen molar-refractivity contribution in [2.45, 2.75) is 6.92 Å². The third-order valence-electron chi connectivity index (χ3n) is 3.45. The number of nitrogens with one attached hydrogen (secondary N) is 1. The molecule has 1 aromatic heterocycles. The van der Waals surface area contributed by atoms with Crippen molar-refractivity contribution >= 4 is 5.95 Å². The van der Waals surface area contributed by atoms with Crippen LogP contribution in [0.1, 0.15) is 5.56 Å². The summed E-state index contributed by atoms with van der Waals surface area (Å²) in [7, 11) is 1.96. The second-order valence-corrected chi connectivity index (χ2v) is 4.96. The number of aryl methyl sites for hydroxylation is 2. The highest BCUT2D eigenvalue weighted by Gasteiger charge is 2.17. The number of nitrogens with zero attached hydrogens (tertiary/aromatic N) is 4. The number of aromatic nitrogens is 3. The Hall–Kier alpha value is -1.88. The molecule has 1 aromatic carbocycles. The second-order valence-electron chi connectivity index (χ2n) is 4.96. The smallest absolute Gasteiger partial charge is 0.224 e. The lowest BCUT2D eigenvalue weighted by Gasteiger charge is -2.27. The van der Waals surface area contributed by atoms with Crippen LogP contribution in [0.3, 0.4) is 0 Å². The maximum absolute atomic E-state index is 4.68. The van der Waals surface area contributed by atoms with E-state index in [4.69, 9.17) is 0 Å². The summed E-state index contributed by atoms with van der Waals surface area (Å²) in [5.41, 5.74) is 2.32. The highest BCUT2D eigenvalue weighted by Crippen LogP contribution is 2.20. The molecule has 2 heterocycles. The van der Waals surface area contributed by atoms with Gasteiger partial charge in [-0.15, -0.1) is 5.10 Å². The predicted molar refractivity (Wildman–Crippen MR) is 76.3 cm³/mol. The van der Waals surface area contributed by atoms with Crippen LogP contribution in [0.25, 0.3) is 11.4 Å². The van der Waals surface area contributed by atoms with E-state index in [2.05, 4.69) is 51.5 Å². The lowest BCUT2D eigenvalue weighted by molar-refractivity contribution is 0.568. The number of hydrogen-bond donors (Lipinski definition) is 1. The Kier molecular flexibility index (Phi) is 3.21. The second kappa shape index (κ2) is 5.01. The van der Waals surface area contributed by atoms with E-state index >= 15 is 0 Å². The Bertz CT molecular complexity index is 552. The summed E-state index contributed by atoms with van der Waals surface area (Å²) in [6.45, 7) is 6.07. The minimum absolute atomic E-state index is 0.802. The van der Waals surface area contributed by atoms with Gasteiger partial charge in [-0.1, -0.05) is 29.8 Å². The summed E-state index contributed by atoms with van der Waals surface area (Å²) in [6.07, 6.45) is 0. The molecule has 0 aliphatic carbocycles. The van der Waals surface area contributed by atoms with Crippen molar-refractivity contribution in [3.05, 3.63) is 29.8 Å². The van der Waals surface area contributed by atoms with E-state index in [-0.39, 0.29) is 0 Å². The third kappa shape index (κ3) is 2.46. The normalized spacial score (nSPS) is 15.8. The number of anilines is 1. The molecule has 1 aliphatic heterocycles. The van der Waals surface area contributed by atoms with Gasteiger partial charge < -0.3 is 10.2 Å². The highest BCUT2D eigenvalue weighted by molar-refractivity contribution is 5.57. The molecule has 0 bridgehead atoms. The zero-order valence-corrected chi connectivity index (χ0v) is 11.4. The molecule has 0 atom stereocenters. The Labute approximate surface area is 113 Å². The molecule has 100 valence electrons. The van der Waals surface area contributed by atoms with E-state index in [0.29, 0.717) is 0 Å². The molecule has 5 heteroatoms. The van der Waals surface area contributed by atoms with Crippen molar-refractivity contribution in [1.82, 2.24) is 20.1 Å². The van der Waals surface area contributed by atoms with Crippen LogP contribution >= 0.6 is 0 Å². The fraction of sp³-hybridized carbons (Fsp3) is 0.429. The maximum atomic E-state index is 4.68. The lowest BCUT2D eigenvalue weighted by atomic mass is 10.1. The molecule has 1 aliphatic rings. The van der Waals surface area contributed by atoms with Gasteiger partial charge >= 0.3 is 0 Å². The average molecular weight is 257 g/mol. The zero-order valence-electron chi connectivity index (χ0n) is 11.4. The van der Waals surface area contributed by atoms with Gasteiger partial charge in [-0.3, -0.25) is 0 Å². The molecule has 1 N–H and O–H groups in total. The summed E-state index contributed by atoms with van der Waals surface area (Å²) >= 11 is 0. The van der Waals surface area contributed by atoms with Gasteiger partial charge in [-0.05, 0) is 6.92 Å². The van der Waals surface area contributed by atoms with E-state index in [0.717, 1.165) is 43.5 Å². The summed E-state index contributed by atoms with van der Waals surface area (Å²) in [6, 6.07) is 8.34. The molecule has 3 rings (SSSR count). The molecule has 0 radical (unpaired) electrons. The van der Waals surface area contributed by atoms with Gasteiger partial charge in [0.2, 0.25) is 5.95 Å². The maximum Gasteiger partial charge on any atom is 0.224 e. The quantitative estimate of drug-likeness (QED) is 0.878. The Morgan fingerprint density at radius 1 is 1.11 bits per heavy atom. The van der Waals surface area contributed by atoms with Gasteiger partial charge in [0.05, 0.1) is 0 Å². The molecule has 19 heavy (non-hydrogen) atoms. The summed E-state index contributed by atoms with van der Waals surface area (Å²) in [5, 5.41) is 7.88. The summed E-state index contributed by atoms with van der Waals surface area (Å²) in [4.78, 5) is 6.96. The van der Waals surface area contributed by atoms with Gasteiger partial charge in [0, 0.05) is 38.8 Å². The van der Waals surface area contributed by atoms with E-state index in [1.165, 1.54) is 5.56 Å². The van der Waals surface area contributed by atoms with Crippen molar-refractivity contribution in [3.63, 3.8) is 0 Å². The molecule has 0 saturated carbocycles. The molecule has 5 nitrogen and oxygen atoms in total. The van der Waals surface area contributed by atoms with Crippen LogP contribution in [-0.2, 0) is 7.05 Å². The largest absolute Gasteiger partial charge is 0.338 e. The van der Waals surface area contributed by atoms with Gasteiger partial charge in [0.25, 0.3) is 0 Å². The van der Waals surface area contributed by atoms with Crippen LogP contribution < -0.4 is 10.2 Å². The third-order valence-corrected chi connectivity index (χ3v) is 3.45. The molecular formula is C14H19N5. The van der Waals surface area contributed by atoms with Crippen molar-refractivity contribution in [2.75, 3.05) is 31.1 Å². The fourth-order valence-corrected chi connectivity index (χ4v) is 2.34. The fourth-order valence-electron chi connectivity index (χ4n) is 2.34. The number of benzene rings is 1. The number of piperazine rings is 1. The summed E-state index contributed by atoms with van der Waals surface area (Å²) < 4.78 is 1.88. The molecule has 2 aromatic rings. The van der Waals surface area contributed by atoms with E-state index in [9.17, 15) is 0 Å². The standard InChI is InChI=1S/C14H19N5/c1-11-3-5-12(6-4-11)13-16-14(18(2)17-13)19-9-7-15-8-10-19/h3-6,15H,7-10H2,1-2H3. The minimum Gasteiger partial charge on any atom is -0.338 e. The van der Waals surface area contributed by atoms with Gasteiger partial charge in [-0.25, -0.2) is 4.68 Å². The Morgan fingerprint density at radius 2 is 1.79 bits per heavy atom. The molecule has 0 unspecified atom stereocenters. The van der Waals surface area contributed by atoms with Crippen molar-refractivity contribution in [3.8, 4) is 11.4 Å².